The molecule has 0 spiro atoms. The minimum absolute atomic E-state index is 0.280. The van der Waals surface area contributed by atoms with Crippen LogP contribution in [-0.2, 0) is 0 Å². The molecule has 3 aromatic rings. The predicted octanol–water partition coefficient (Wildman–Crippen LogP) is 5.76. The van der Waals surface area contributed by atoms with Crippen molar-refractivity contribution in [3.8, 4) is 12.1 Å². The SMILES string of the molecule is N#CC1(C#N)[C@H](c2ccc(Cl)cc2)[C@@H](C(=O)c2ccc(F)cc2)N2c3ccccc3C=C[C@H]21. The molecule has 0 bridgehead atoms. The lowest BCUT2D eigenvalue weighted by Gasteiger charge is -2.35. The second-order valence-corrected chi connectivity index (χ2v) is 8.64. The molecule has 6 heteroatoms. The highest BCUT2D eigenvalue weighted by Gasteiger charge is 2.63. The largest absolute Gasteiger partial charge is 0.351 e. The zero-order valence-electron chi connectivity index (χ0n) is 17.3. The normalized spacial score (nSPS) is 22.1. The summed E-state index contributed by atoms with van der Waals surface area (Å²) in [7, 11) is 0. The number of carbonyl (C=O) groups is 1. The molecular weight excluding hydrogens is 437 g/mol. The van der Waals surface area contributed by atoms with Gasteiger partial charge in [0.05, 0.1) is 18.2 Å². The summed E-state index contributed by atoms with van der Waals surface area (Å²) < 4.78 is 13.6. The van der Waals surface area contributed by atoms with Gasteiger partial charge in [-0.3, -0.25) is 4.79 Å². The number of nitrogens with zero attached hydrogens (tertiary/aromatic N) is 3. The summed E-state index contributed by atoms with van der Waals surface area (Å²) in [6.07, 6.45) is 3.72. The molecule has 160 valence electrons. The van der Waals surface area contributed by atoms with E-state index in [2.05, 4.69) is 12.1 Å². The number of anilines is 1. The molecule has 2 heterocycles. The smallest absolute Gasteiger partial charge is 0.185 e. The molecule has 1 fully saturated rings. The number of para-hydroxylation sites is 1. The van der Waals surface area contributed by atoms with E-state index < -0.39 is 29.2 Å². The average molecular weight is 454 g/mol. The third-order valence-electron chi connectivity index (χ3n) is 6.54. The first-order valence-corrected chi connectivity index (χ1v) is 10.8. The molecule has 33 heavy (non-hydrogen) atoms. The lowest BCUT2D eigenvalue weighted by atomic mass is 9.69. The molecule has 5 rings (SSSR count). The molecule has 1 saturated heterocycles. The Morgan fingerprint density at radius 3 is 2.30 bits per heavy atom. The number of hydrogen-bond acceptors (Lipinski definition) is 4. The lowest BCUT2D eigenvalue weighted by molar-refractivity contribution is 0.0951. The van der Waals surface area contributed by atoms with Crippen molar-refractivity contribution in [2.75, 3.05) is 4.90 Å². The Kier molecular flexibility index (Phi) is 5.01. The average Bonchev–Trinajstić information content (AvgIpc) is 3.15. The third kappa shape index (κ3) is 3.13. The predicted molar refractivity (Wildman–Crippen MR) is 124 cm³/mol. The first-order valence-electron chi connectivity index (χ1n) is 10.4. The van der Waals surface area contributed by atoms with E-state index >= 15 is 0 Å². The topological polar surface area (TPSA) is 67.9 Å². The monoisotopic (exact) mass is 453 g/mol. The van der Waals surface area contributed by atoms with E-state index in [1.54, 1.807) is 24.3 Å². The highest BCUT2D eigenvalue weighted by Crippen LogP contribution is 2.55. The Morgan fingerprint density at radius 2 is 1.64 bits per heavy atom. The third-order valence-corrected chi connectivity index (χ3v) is 6.79. The molecule has 0 N–H and O–H groups in total. The Bertz CT molecular complexity index is 1340. The molecule has 3 aromatic carbocycles. The first-order chi connectivity index (χ1) is 16.0. The van der Waals surface area contributed by atoms with Crippen LogP contribution in [0.5, 0.6) is 0 Å². The number of ketones is 1. The van der Waals surface area contributed by atoms with Crippen LogP contribution in [0.3, 0.4) is 0 Å². The highest BCUT2D eigenvalue weighted by molar-refractivity contribution is 6.30. The van der Waals surface area contributed by atoms with Crippen LogP contribution in [0.2, 0.25) is 5.02 Å². The molecule has 0 radical (unpaired) electrons. The summed E-state index contributed by atoms with van der Waals surface area (Å²) >= 11 is 6.10. The summed E-state index contributed by atoms with van der Waals surface area (Å²) in [6, 6.07) is 22.9. The molecule has 3 atom stereocenters. The Balaban J connectivity index is 1.78. The maximum atomic E-state index is 14.0. The fraction of sp³-hybridized carbons (Fsp3) is 0.148. The zero-order chi connectivity index (χ0) is 23.2. The van der Waals surface area contributed by atoms with Crippen LogP contribution in [0.25, 0.3) is 6.08 Å². The van der Waals surface area contributed by atoms with Crippen LogP contribution < -0.4 is 4.90 Å². The maximum Gasteiger partial charge on any atom is 0.185 e. The van der Waals surface area contributed by atoms with E-state index in [0.717, 1.165) is 11.3 Å². The minimum Gasteiger partial charge on any atom is -0.351 e. The number of rotatable bonds is 3. The van der Waals surface area contributed by atoms with Gasteiger partial charge in [-0.05, 0) is 53.6 Å². The molecule has 2 aliphatic heterocycles. The van der Waals surface area contributed by atoms with Crippen molar-refractivity contribution in [2.45, 2.75) is 18.0 Å². The van der Waals surface area contributed by atoms with Gasteiger partial charge < -0.3 is 4.90 Å². The van der Waals surface area contributed by atoms with E-state index in [1.807, 2.05) is 41.3 Å². The van der Waals surface area contributed by atoms with E-state index in [-0.39, 0.29) is 5.78 Å². The van der Waals surface area contributed by atoms with E-state index in [9.17, 15) is 19.7 Å². The first kappa shape index (κ1) is 20.9. The van der Waals surface area contributed by atoms with E-state index in [1.165, 1.54) is 24.3 Å². The van der Waals surface area contributed by atoms with Gasteiger partial charge in [0.2, 0.25) is 0 Å². The number of carbonyl (C=O) groups excluding carboxylic acids is 1. The van der Waals surface area contributed by atoms with Gasteiger partial charge in [-0.15, -0.1) is 0 Å². The van der Waals surface area contributed by atoms with Crippen molar-refractivity contribution in [3.05, 3.63) is 106 Å². The second-order valence-electron chi connectivity index (χ2n) is 8.21. The number of Topliss-reactive ketones (excluding diaryl/α,β-unsaturated/α-hetero) is 1. The lowest BCUT2D eigenvalue weighted by Crippen LogP contribution is -2.44. The van der Waals surface area contributed by atoms with Gasteiger partial charge in [-0.25, -0.2) is 4.39 Å². The second kappa shape index (κ2) is 7.89. The van der Waals surface area contributed by atoms with Gasteiger partial charge in [0, 0.05) is 22.2 Å². The van der Waals surface area contributed by atoms with Crippen molar-refractivity contribution < 1.29 is 9.18 Å². The molecule has 0 unspecified atom stereocenters. The highest BCUT2D eigenvalue weighted by atomic mass is 35.5. The Labute approximate surface area is 195 Å². The summed E-state index contributed by atoms with van der Waals surface area (Å²) in [5.74, 6) is -1.49. The summed E-state index contributed by atoms with van der Waals surface area (Å²) in [5.41, 5.74) is 1.13. The quantitative estimate of drug-likeness (QED) is 0.472. The van der Waals surface area contributed by atoms with Crippen molar-refractivity contribution in [1.29, 1.82) is 10.5 Å². The molecule has 0 amide bonds. The van der Waals surface area contributed by atoms with Crippen LogP contribution in [0.15, 0.2) is 78.9 Å². The van der Waals surface area contributed by atoms with Gasteiger partial charge in [0.25, 0.3) is 0 Å². The summed E-state index contributed by atoms with van der Waals surface area (Å²) in [6.45, 7) is 0. The summed E-state index contributed by atoms with van der Waals surface area (Å²) in [4.78, 5) is 15.8. The Hall–Kier alpha value is -3.93. The van der Waals surface area contributed by atoms with Crippen molar-refractivity contribution in [2.24, 2.45) is 5.41 Å². The zero-order valence-corrected chi connectivity index (χ0v) is 18.1. The van der Waals surface area contributed by atoms with Crippen molar-refractivity contribution in [3.63, 3.8) is 0 Å². The van der Waals surface area contributed by atoms with E-state index in [0.29, 0.717) is 16.1 Å². The van der Waals surface area contributed by atoms with Crippen LogP contribution in [0.4, 0.5) is 10.1 Å². The summed E-state index contributed by atoms with van der Waals surface area (Å²) in [5, 5.41) is 21.3. The van der Waals surface area contributed by atoms with E-state index in [4.69, 9.17) is 11.6 Å². The number of fused-ring (bicyclic) bond motifs is 3. The number of nitriles is 2. The molecule has 0 saturated carbocycles. The number of hydrogen-bond donors (Lipinski definition) is 0. The van der Waals surface area contributed by atoms with Crippen LogP contribution in [0.1, 0.15) is 27.4 Å². The van der Waals surface area contributed by atoms with Gasteiger partial charge in [-0.2, -0.15) is 10.5 Å². The molecule has 0 aliphatic carbocycles. The van der Waals surface area contributed by atoms with Crippen LogP contribution >= 0.6 is 11.6 Å². The van der Waals surface area contributed by atoms with Crippen molar-refractivity contribution >= 4 is 29.1 Å². The van der Waals surface area contributed by atoms with Crippen LogP contribution in [-0.4, -0.2) is 17.9 Å². The fourth-order valence-electron chi connectivity index (χ4n) is 5.06. The molecule has 0 aromatic heterocycles. The molecular formula is C27H17ClFN3O. The molecule has 4 nitrogen and oxygen atoms in total. The standard InChI is InChI=1S/C27H17ClFN3O/c28-20-10-5-18(6-11-20)24-25(26(33)19-7-12-21(29)13-8-19)32-22-4-2-1-3-17(22)9-14-23(32)27(24,15-30)16-31/h1-14,23-25H/t23-,24+,25-/m0/s1. The maximum absolute atomic E-state index is 14.0. The van der Waals surface area contributed by atoms with Gasteiger partial charge in [-0.1, -0.05) is 54.1 Å². The van der Waals surface area contributed by atoms with Crippen LogP contribution in [0, 0.1) is 33.9 Å². The van der Waals surface area contributed by atoms with Gasteiger partial charge in [0.1, 0.15) is 11.9 Å². The minimum atomic E-state index is -1.53. The number of halogens is 2. The number of benzene rings is 3. The van der Waals surface area contributed by atoms with Crippen molar-refractivity contribution in [1.82, 2.24) is 0 Å². The van der Waals surface area contributed by atoms with Gasteiger partial charge in [0.15, 0.2) is 11.2 Å². The molecule has 2 aliphatic rings. The fourth-order valence-corrected chi connectivity index (χ4v) is 5.19. The Morgan fingerprint density at radius 1 is 0.970 bits per heavy atom. The van der Waals surface area contributed by atoms with Gasteiger partial charge >= 0.3 is 0 Å².